The number of nitrogens with zero attached hydrogens (tertiary/aromatic N) is 2. The average Bonchev–Trinajstić information content (AvgIpc) is 3.63. The lowest BCUT2D eigenvalue weighted by Crippen LogP contribution is -2.50. The summed E-state index contributed by atoms with van der Waals surface area (Å²) < 4.78 is 33.8. The van der Waals surface area contributed by atoms with Crippen molar-refractivity contribution in [2.75, 3.05) is 20.1 Å². The summed E-state index contributed by atoms with van der Waals surface area (Å²) in [5, 5.41) is 17.9. The second-order valence-electron chi connectivity index (χ2n) is 12.2. The molecule has 0 aliphatic heterocycles. The van der Waals surface area contributed by atoms with Gasteiger partial charge in [0.15, 0.2) is 0 Å². The van der Waals surface area contributed by atoms with E-state index in [1.165, 1.54) is 18.4 Å². The van der Waals surface area contributed by atoms with Crippen molar-refractivity contribution in [3.8, 4) is 23.8 Å². The summed E-state index contributed by atoms with van der Waals surface area (Å²) in [7, 11) is 2.03. The highest BCUT2D eigenvalue weighted by Crippen LogP contribution is 2.45. The first-order chi connectivity index (χ1) is 22.2. The fourth-order valence-electron chi connectivity index (χ4n) is 5.78. The van der Waals surface area contributed by atoms with E-state index >= 15 is 0 Å². The number of nitrogens with one attached hydrogen (secondary N) is 2. The molecule has 0 unspecified atom stereocenters. The predicted octanol–water partition coefficient (Wildman–Crippen LogP) is 5.81. The number of aromatic nitrogens is 1. The van der Waals surface area contributed by atoms with Gasteiger partial charge in [0.2, 0.25) is 5.89 Å². The number of benzene rings is 3. The molecule has 0 saturated heterocycles. The van der Waals surface area contributed by atoms with Crippen LogP contribution in [0.2, 0.25) is 0 Å². The molecule has 1 amide bonds. The number of rotatable bonds is 15. The van der Waals surface area contributed by atoms with Gasteiger partial charge in [-0.3, -0.25) is 4.79 Å². The van der Waals surface area contributed by atoms with Crippen molar-refractivity contribution in [2.24, 2.45) is 0 Å². The first-order valence-electron chi connectivity index (χ1n) is 15.7. The molecule has 2 atom stereocenters. The number of oxazole rings is 1. The fourth-order valence-corrected chi connectivity index (χ4v) is 5.78. The number of terminal acetylenes is 1. The molecule has 240 valence electrons. The molecule has 0 radical (unpaired) electrons. The third-order valence-electron chi connectivity index (χ3n) is 8.42. The number of unbranched alkanes of at least 4 members (excludes halogenated alkanes) is 1. The summed E-state index contributed by atoms with van der Waals surface area (Å²) in [6, 6.07) is 15.5. The molecule has 1 fully saturated rings. The van der Waals surface area contributed by atoms with Gasteiger partial charge in [-0.15, -0.1) is 6.42 Å². The minimum absolute atomic E-state index is 0.00882. The van der Waals surface area contributed by atoms with E-state index in [9.17, 15) is 18.7 Å². The molecule has 3 N–H and O–H groups in total. The van der Waals surface area contributed by atoms with Crippen LogP contribution in [0.3, 0.4) is 0 Å². The van der Waals surface area contributed by atoms with E-state index in [0.717, 1.165) is 55.0 Å². The van der Waals surface area contributed by atoms with Crippen LogP contribution in [-0.2, 0) is 18.5 Å². The minimum atomic E-state index is -1.09. The number of aliphatic hydroxyl groups excluding tert-OH is 1. The van der Waals surface area contributed by atoms with Gasteiger partial charge in [-0.25, -0.2) is 13.8 Å². The molecule has 7 nitrogen and oxygen atoms in total. The Kier molecular flexibility index (Phi) is 10.6. The number of amides is 1. The van der Waals surface area contributed by atoms with E-state index in [-0.39, 0.29) is 18.5 Å². The molecule has 46 heavy (non-hydrogen) atoms. The van der Waals surface area contributed by atoms with E-state index in [4.69, 9.17) is 10.8 Å². The van der Waals surface area contributed by atoms with Gasteiger partial charge in [0.25, 0.3) is 5.91 Å². The zero-order valence-electron chi connectivity index (χ0n) is 26.2. The van der Waals surface area contributed by atoms with Crippen molar-refractivity contribution < 1.29 is 23.1 Å². The smallest absolute Gasteiger partial charge is 0.251 e. The molecule has 1 heterocycles. The van der Waals surface area contributed by atoms with E-state index in [1.54, 1.807) is 12.3 Å². The molecule has 9 heteroatoms. The number of carbonyl (C=O) groups is 1. The summed E-state index contributed by atoms with van der Waals surface area (Å²) in [5.74, 6) is 1.15. The Hall–Kier alpha value is -4.36. The summed E-state index contributed by atoms with van der Waals surface area (Å²) in [6.07, 6.45) is 11.4. The molecular formula is C37H40F2N4O3. The molecule has 4 aromatic rings. The Balaban J connectivity index is 1.39. The molecule has 0 bridgehead atoms. The Morgan fingerprint density at radius 2 is 1.91 bits per heavy atom. The number of hydrogen-bond acceptors (Lipinski definition) is 6. The normalized spacial score (nSPS) is 14.9. The number of carbonyl (C=O) groups excluding carboxylic acids is 1. The number of hydrogen-bond donors (Lipinski definition) is 3. The van der Waals surface area contributed by atoms with Crippen LogP contribution in [0, 0.1) is 24.0 Å². The molecular weight excluding hydrogens is 586 g/mol. The first kappa shape index (κ1) is 33.0. The maximum atomic E-state index is 14.1. The van der Waals surface area contributed by atoms with Crippen LogP contribution in [0.1, 0.15) is 65.2 Å². The van der Waals surface area contributed by atoms with Crippen LogP contribution >= 0.6 is 0 Å². The minimum Gasteiger partial charge on any atom is -0.445 e. The van der Waals surface area contributed by atoms with Crippen molar-refractivity contribution in [1.29, 1.82) is 0 Å². The second kappa shape index (κ2) is 14.8. The molecule has 0 spiro atoms. The van der Waals surface area contributed by atoms with Gasteiger partial charge < -0.3 is 25.1 Å². The Morgan fingerprint density at radius 1 is 1.13 bits per heavy atom. The van der Waals surface area contributed by atoms with Gasteiger partial charge >= 0.3 is 0 Å². The SMILES string of the molecule is C#Cc1cccc(C2(NC[C@@H](O)[C@H](Cc3cc(F)cc(F)c3)NC(=O)c3cc(CN(C)CCCC)cc(-c4ncco4)c3)CC2)c1. The largest absolute Gasteiger partial charge is 0.445 e. The second-order valence-corrected chi connectivity index (χ2v) is 12.2. The van der Waals surface area contributed by atoms with E-state index in [1.807, 2.05) is 43.4 Å². The van der Waals surface area contributed by atoms with Gasteiger partial charge in [-0.1, -0.05) is 31.4 Å². The van der Waals surface area contributed by atoms with Crippen LogP contribution in [-0.4, -0.2) is 53.2 Å². The van der Waals surface area contributed by atoms with Gasteiger partial charge in [0.05, 0.1) is 18.3 Å². The number of halogens is 2. The van der Waals surface area contributed by atoms with Gasteiger partial charge in [0, 0.05) is 41.4 Å². The zero-order chi connectivity index (χ0) is 32.7. The van der Waals surface area contributed by atoms with Crippen LogP contribution in [0.4, 0.5) is 8.78 Å². The first-order valence-corrected chi connectivity index (χ1v) is 15.7. The average molecular weight is 627 g/mol. The molecule has 1 aromatic heterocycles. The summed E-state index contributed by atoms with van der Waals surface area (Å²) in [6.45, 7) is 3.78. The maximum absolute atomic E-state index is 14.1. The van der Waals surface area contributed by atoms with Crippen molar-refractivity contribution in [3.63, 3.8) is 0 Å². The summed E-state index contributed by atoms with van der Waals surface area (Å²) >= 11 is 0. The van der Waals surface area contributed by atoms with Gasteiger partial charge in [0.1, 0.15) is 17.9 Å². The third kappa shape index (κ3) is 8.46. The van der Waals surface area contributed by atoms with Crippen molar-refractivity contribution in [3.05, 3.63) is 113 Å². The molecule has 5 rings (SSSR count). The summed E-state index contributed by atoms with van der Waals surface area (Å²) in [4.78, 5) is 20.3. The maximum Gasteiger partial charge on any atom is 0.251 e. The van der Waals surface area contributed by atoms with Crippen LogP contribution in [0.25, 0.3) is 11.5 Å². The monoisotopic (exact) mass is 626 g/mol. The third-order valence-corrected chi connectivity index (χ3v) is 8.42. The van der Waals surface area contributed by atoms with Crippen molar-refractivity contribution >= 4 is 5.91 Å². The highest BCUT2D eigenvalue weighted by atomic mass is 19.1. The topological polar surface area (TPSA) is 90.6 Å². The standard InChI is InChI=1S/C37H40F2N4O3/c1-4-6-13-43(3)24-27-15-28(21-29(16-27)36-40-12-14-46-36)35(45)42-33(20-26-18-31(38)22-32(39)19-26)34(44)23-41-37(10-11-37)30-9-7-8-25(5-2)17-30/h2,7-9,12,14-19,21-22,33-34,41,44H,4,6,10-11,13,20,23-24H2,1,3H3,(H,42,45)/t33-,34+/m0/s1. The fraction of sp³-hybridized carbons (Fsp3) is 0.351. The highest BCUT2D eigenvalue weighted by Gasteiger charge is 2.44. The predicted molar refractivity (Wildman–Crippen MR) is 174 cm³/mol. The van der Waals surface area contributed by atoms with Gasteiger partial charge in [-0.05, 0) is 98.4 Å². The van der Waals surface area contributed by atoms with Crippen molar-refractivity contribution in [1.82, 2.24) is 20.5 Å². The van der Waals surface area contributed by atoms with E-state index in [0.29, 0.717) is 29.1 Å². The Morgan fingerprint density at radius 3 is 2.59 bits per heavy atom. The molecule has 1 saturated carbocycles. The highest BCUT2D eigenvalue weighted by molar-refractivity contribution is 5.95. The lowest BCUT2D eigenvalue weighted by Gasteiger charge is -2.27. The lowest BCUT2D eigenvalue weighted by atomic mass is 9.98. The van der Waals surface area contributed by atoms with Crippen LogP contribution < -0.4 is 10.6 Å². The lowest BCUT2D eigenvalue weighted by molar-refractivity contribution is 0.0822. The van der Waals surface area contributed by atoms with Crippen molar-refractivity contribution in [2.45, 2.75) is 63.3 Å². The molecule has 3 aromatic carbocycles. The van der Waals surface area contributed by atoms with Crippen LogP contribution in [0.15, 0.2) is 77.5 Å². The van der Waals surface area contributed by atoms with E-state index in [2.05, 4.69) is 33.4 Å². The number of aliphatic hydroxyl groups is 1. The zero-order valence-corrected chi connectivity index (χ0v) is 26.2. The Bertz CT molecular complexity index is 1660. The van der Waals surface area contributed by atoms with Crippen LogP contribution in [0.5, 0.6) is 0 Å². The molecule has 1 aliphatic carbocycles. The van der Waals surface area contributed by atoms with E-state index < -0.39 is 29.7 Å². The molecule has 1 aliphatic rings. The van der Waals surface area contributed by atoms with Gasteiger partial charge in [-0.2, -0.15) is 0 Å². The quantitative estimate of drug-likeness (QED) is 0.144. The summed E-state index contributed by atoms with van der Waals surface area (Å²) in [5.41, 5.74) is 3.68. The Labute approximate surface area is 269 Å².